The first kappa shape index (κ1) is 23.0. The number of aliphatic hydroxyl groups excluding tert-OH is 1. The zero-order valence-corrected chi connectivity index (χ0v) is 19.1. The second-order valence-corrected chi connectivity index (χ2v) is 8.56. The molecule has 0 amide bonds. The maximum Gasteiger partial charge on any atom is 0.351 e. The van der Waals surface area contributed by atoms with Gasteiger partial charge in [-0.1, -0.05) is 91.0 Å². The van der Waals surface area contributed by atoms with Gasteiger partial charge < -0.3 is 20.3 Å². The van der Waals surface area contributed by atoms with Crippen molar-refractivity contribution in [1.82, 2.24) is 9.55 Å². The Labute approximate surface area is 203 Å². The van der Waals surface area contributed by atoms with E-state index in [9.17, 15) is 9.90 Å². The molecule has 2 heterocycles. The van der Waals surface area contributed by atoms with Crippen LogP contribution in [0.25, 0.3) is 0 Å². The summed E-state index contributed by atoms with van der Waals surface area (Å²) in [6, 6.07) is 31.6. The third-order valence-electron chi connectivity index (χ3n) is 6.37. The number of rotatable bonds is 7. The van der Waals surface area contributed by atoms with Crippen LogP contribution >= 0.6 is 0 Å². The van der Waals surface area contributed by atoms with E-state index in [4.69, 9.17) is 15.2 Å². The molecule has 0 spiro atoms. The maximum atomic E-state index is 12.3. The Morgan fingerprint density at radius 2 is 1.43 bits per heavy atom. The fourth-order valence-electron chi connectivity index (χ4n) is 4.66. The van der Waals surface area contributed by atoms with E-state index in [1.807, 2.05) is 91.0 Å². The van der Waals surface area contributed by atoms with Crippen LogP contribution in [-0.4, -0.2) is 33.5 Å². The molecule has 0 radical (unpaired) electrons. The average molecular weight is 470 g/mol. The van der Waals surface area contributed by atoms with E-state index in [1.165, 1.54) is 16.8 Å². The molecular weight excluding hydrogens is 442 g/mol. The molecule has 4 aromatic rings. The van der Waals surface area contributed by atoms with E-state index in [1.54, 1.807) is 0 Å². The normalized spacial score (nSPS) is 20.1. The minimum atomic E-state index is -0.926. The number of anilines is 1. The molecule has 0 saturated carbocycles. The van der Waals surface area contributed by atoms with Gasteiger partial charge in [-0.05, 0) is 22.8 Å². The molecule has 7 heteroatoms. The highest BCUT2D eigenvalue weighted by molar-refractivity contribution is 5.47. The van der Waals surface area contributed by atoms with Crippen molar-refractivity contribution in [3.05, 3.63) is 130 Å². The van der Waals surface area contributed by atoms with Gasteiger partial charge in [0.1, 0.15) is 23.8 Å². The zero-order chi connectivity index (χ0) is 24.3. The van der Waals surface area contributed by atoms with E-state index >= 15 is 0 Å². The summed E-state index contributed by atoms with van der Waals surface area (Å²) in [4.78, 5) is 16.1. The number of aromatic nitrogens is 2. The van der Waals surface area contributed by atoms with Crippen LogP contribution in [0.15, 0.2) is 108 Å². The van der Waals surface area contributed by atoms with Crippen LogP contribution in [0.2, 0.25) is 0 Å². The molecule has 0 bridgehead atoms. The number of nitrogen functional groups attached to an aromatic ring is 1. The highest BCUT2D eigenvalue weighted by Gasteiger charge is 2.41. The maximum absolute atomic E-state index is 12.3. The summed E-state index contributed by atoms with van der Waals surface area (Å²) in [5.74, 6) is 0.142. The van der Waals surface area contributed by atoms with Crippen LogP contribution in [0, 0.1) is 0 Å². The van der Waals surface area contributed by atoms with Crippen molar-refractivity contribution in [2.75, 3.05) is 12.3 Å². The molecule has 7 nitrogen and oxygen atoms in total. The van der Waals surface area contributed by atoms with Crippen molar-refractivity contribution >= 4 is 5.82 Å². The number of benzene rings is 3. The standard InChI is InChI=1S/C28H27N3O4/c29-25-16-17-31(27(33)30-25)26-18-23(32)24(35-26)19-34-28(20-10-4-1-5-11-20,21-12-6-2-7-13-21)22-14-8-3-9-15-22/h1-17,23-24,26,32H,18-19H2,(H2,29,30,33)/t23?,24-,26-/m1/s1. The fourth-order valence-corrected chi connectivity index (χ4v) is 4.66. The van der Waals surface area contributed by atoms with Crippen LogP contribution in [-0.2, 0) is 15.1 Å². The van der Waals surface area contributed by atoms with Gasteiger partial charge in [0.15, 0.2) is 0 Å². The predicted octanol–water partition coefficient (Wildman–Crippen LogP) is 3.48. The lowest BCUT2D eigenvalue weighted by molar-refractivity contribution is -0.0943. The molecule has 35 heavy (non-hydrogen) atoms. The molecule has 5 rings (SSSR count). The van der Waals surface area contributed by atoms with Gasteiger partial charge in [0, 0.05) is 12.6 Å². The van der Waals surface area contributed by atoms with Crippen molar-refractivity contribution in [2.45, 2.75) is 30.5 Å². The highest BCUT2D eigenvalue weighted by atomic mass is 16.6. The largest absolute Gasteiger partial charge is 0.390 e. The van der Waals surface area contributed by atoms with Crippen molar-refractivity contribution in [2.24, 2.45) is 0 Å². The second-order valence-electron chi connectivity index (χ2n) is 8.56. The van der Waals surface area contributed by atoms with Crippen molar-refractivity contribution in [1.29, 1.82) is 0 Å². The van der Waals surface area contributed by atoms with Gasteiger partial charge in [0.2, 0.25) is 0 Å². The Bertz CT molecular complexity index is 1220. The summed E-state index contributed by atoms with van der Waals surface area (Å²) in [6.45, 7) is 0.105. The molecule has 1 aliphatic heterocycles. The van der Waals surface area contributed by atoms with Crippen molar-refractivity contribution < 1.29 is 14.6 Å². The Kier molecular flexibility index (Phi) is 6.46. The third kappa shape index (κ3) is 4.49. The number of nitrogens with zero attached hydrogens (tertiary/aromatic N) is 2. The van der Waals surface area contributed by atoms with Crippen LogP contribution in [0.5, 0.6) is 0 Å². The summed E-state index contributed by atoms with van der Waals surface area (Å²) in [5.41, 5.74) is 7.04. The number of hydrogen-bond donors (Lipinski definition) is 2. The lowest BCUT2D eigenvalue weighted by Crippen LogP contribution is -2.38. The highest BCUT2D eigenvalue weighted by Crippen LogP contribution is 2.41. The Hall–Kier alpha value is -3.78. The third-order valence-corrected chi connectivity index (χ3v) is 6.37. The first-order valence-corrected chi connectivity index (χ1v) is 11.6. The number of aliphatic hydroxyl groups is 1. The van der Waals surface area contributed by atoms with Gasteiger partial charge in [-0.3, -0.25) is 4.57 Å². The zero-order valence-electron chi connectivity index (χ0n) is 19.1. The molecule has 1 saturated heterocycles. The van der Waals surface area contributed by atoms with E-state index in [0.29, 0.717) is 0 Å². The first-order valence-electron chi connectivity index (χ1n) is 11.6. The Balaban J connectivity index is 1.50. The molecule has 1 unspecified atom stereocenters. The van der Waals surface area contributed by atoms with Crippen molar-refractivity contribution in [3.8, 4) is 0 Å². The fraction of sp³-hybridized carbons (Fsp3) is 0.214. The molecular formula is C28H27N3O4. The lowest BCUT2D eigenvalue weighted by Gasteiger charge is -2.37. The van der Waals surface area contributed by atoms with E-state index in [0.717, 1.165) is 16.7 Å². The number of nitrogens with two attached hydrogens (primary N) is 1. The van der Waals surface area contributed by atoms with Gasteiger partial charge in [0.05, 0.1) is 12.7 Å². The van der Waals surface area contributed by atoms with E-state index in [-0.39, 0.29) is 18.8 Å². The van der Waals surface area contributed by atoms with E-state index in [2.05, 4.69) is 4.98 Å². The van der Waals surface area contributed by atoms with Gasteiger partial charge in [0.25, 0.3) is 0 Å². The molecule has 1 aliphatic rings. The SMILES string of the molecule is Nc1ccn([C@H]2CC(O)[C@@H](COC(c3ccccc3)(c3ccccc3)c3ccccc3)O2)c(=O)n1. The Morgan fingerprint density at radius 3 is 1.91 bits per heavy atom. The minimum absolute atomic E-state index is 0.105. The van der Waals surface area contributed by atoms with E-state index < -0.39 is 29.7 Å². The van der Waals surface area contributed by atoms with Gasteiger partial charge in [-0.25, -0.2) is 4.79 Å². The molecule has 1 fully saturated rings. The summed E-state index contributed by atoms with van der Waals surface area (Å²) in [7, 11) is 0. The summed E-state index contributed by atoms with van der Waals surface area (Å²) >= 11 is 0. The molecule has 3 aromatic carbocycles. The summed E-state index contributed by atoms with van der Waals surface area (Å²) in [6.07, 6.45) is -0.328. The first-order chi connectivity index (χ1) is 17.1. The number of hydrogen-bond acceptors (Lipinski definition) is 6. The van der Waals surface area contributed by atoms with Crippen LogP contribution in [0.3, 0.4) is 0 Å². The van der Waals surface area contributed by atoms with Crippen LogP contribution in [0.1, 0.15) is 29.3 Å². The quantitative estimate of drug-likeness (QED) is 0.402. The van der Waals surface area contributed by atoms with Crippen LogP contribution < -0.4 is 11.4 Å². The topological polar surface area (TPSA) is 99.6 Å². The van der Waals surface area contributed by atoms with Gasteiger partial charge in [-0.2, -0.15) is 4.98 Å². The minimum Gasteiger partial charge on any atom is -0.390 e. The molecule has 0 aliphatic carbocycles. The van der Waals surface area contributed by atoms with Gasteiger partial charge in [-0.15, -0.1) is 0 Å². The number of ether oxygens (including phenoxy) is 2. The molecule has 1 aromatic heterocycles. The average Bonchev–Trinajstić information content (AvgIpc) is 3.26. The molecule has 178 valence electrons. The summed E-state index contributed by atoms with van der Waals surface area (Å²) < 4.78 is 14.2. The second kappa shape index (κ2) is 9.84. The smallest absolute Gasteiger partial charge is 0.351 e. The molecule has 3 N–H and O–H groups in total. The summed E-state index contributed by atoms with van der Waals surface area (Å²) in [5, 5.41) is 10.8. The van der Waals surface area contributed by atoms with Gasteiger partial charge >= 0.3 is 5.69 Å². The predicted molar refractivity (Wildman–Crippen MR) is 133 cm³/mol. The lowest BCUT2D eigenvalue weighted by atomic mass is 9.80. The monoisotopic (exact) mass is 469 g/mol. The molecule has 3 atom stereocenters. The van der Waals surface area contributed by atoms with Crippen LogP contribution in [0.4, 0.5) is 5.82 Å². The Morgan fingerprint density at radius 1 is 0.914 bits per heavy atom. The van der Waals surface area contributed by atoms with Crippen molar-refractivity contribution in [3.63, 3.8) is 0 Å².